The zero-order chi connectivity index (χ0) is 14.9. The SMILES string of the molecule is CCC(c1ccc2[nH]c(N(C)C)cc2c1)S(=O)(=O)NC. The predicted octanol–water partition coefficient (Wildman–Crippen LogP) is 2.23. The summed E-state index contributed by atoms with van der Waals surface area (Å²) in [6.07, 6.45) is 0.541. The van der Waals surface area contributed by atoms with Crippen LogP contribution in [0.25, 0.3) is 10.9 Å². The number of H-pyrrole nitrogens is 1. The molecule has 0 saturated heterocycles. The lowest BCUT2D eigenvalue weighted by atomic mass is 10.1. The van der Waals surface area contributed by atoms with E-state index in [0.717, 1.165) is 22.3 Å². The molecule has 20 heavy (non-hydrogen) atoms. The van der Waals surface area contributed by atoms with Crippen LogP contribution in [-0.2, 0) is 10.0 Å². The number of hydrogen-bond donors (Lipinski definition) is 2. The van der Waals surface area contributed by atoms with Gasteiger partial charge < -0.3 is 9.88 Å². The minimum atomic E-state index is -3.31. The summed E-state index contributed by atoms with van der Waals surface area (Å²) in [5.41, 5.74) is 1.83. The largest absolute Gasteiger partial charge is 0.364 e. The molecule has 0 spiro atoms. The van der Waals surface area contributed by atoms with Crippen molar-refractivity contribution < 1.29 is 8.42 Å². The summed E-state index contributed by atoms with van der Waals surface area (Å²) in [5.74, 6) is 1.00. The molecule has 0 amide bonds. The van der Waals surface area contributed by atoms with Gasteiger partial charge in [-0.15, -0.1) is 0 Å². The van der Waals surface area contributed by atoms with E-state index in [0.29, 0.717) is 6.42 Å². The first-order valence-electron chi connectivity index (χ1n) is 6.61. The van der Waals surface area contributed by atoms with Crippen LogP contribution in [0.5, 0.6) is 0 Å². The van der Waals surface area contributed by atoms with Gasteiger partial charge in [0.05, 0.1) is 0 Å². The van der Waals surface area contributed by atoms with Crippen LogP contribution in [0.1, 0.15) is 24.2 Å². The van der Waals surface area contributed by atoms with Crippen molar-refractivity contribution in [2.45, 2.75) is 18.6 Å². The van der Waals surface area contributed by atoms with Gasteiger partial charge in [-0.05, 0) is 37.2 Å². The lowest BCUT2D eigenvalue weighted by molar-refractivity contribution is 0.571. The summed E-state index contributed by atoms with van der Waals surface area (Å²) in [5, 5.41) is 0.505. The predicted molar refractivity (Wildman–Crippen MR) is 83.6 cm³/mol. The number of aromatic nitrogens is 1. The van der Waals surface area contributed by atoms with Crippen molar-refractivity contribution in [2.75, 3.05) is 26.0 Å². The second-order valence-corrected chi connectivity index (χ2v) is 7.11. The van der Waals surface area contributed by atoms with Crippen LogP contribution >= 0.6 is 0 Å². The number of anilines is 1. The molecule has 110 valence electrons. The summed E-state index contributed by atoms with van der Waals surface area (Å²) in [4.78, 5) is 5.28. The lowest BCUT2D eigenvalue weighted by Crippen LogP contribution is -2.25. The van der Waals surface area contributed by atoms with E-state index in [9.17, 15) is 8.42 Å². The highest BCUT2D eigenvalue weighted by Gasteiger charge is 2.24. The molecule has 1 aromatic heterocycles. The van der Waals surface area contributed by atoms with E-state index in [2.05, 4.69) is 9.71 Å². The van der Waals surface area contributed by atoms with E-state index in [4.69, 9.17) is 0 Å². The van der Waals surface area contributed by atoms with E-state index < -0.39 is 15.3 Å². The van der Waals surface area contributed by atoms with Crippen molar-refractivity contribution in [3.8, 4) is 0 Å². The van der Waals surface area contributed by atoms with Gasteiger partial charge in [0.25, 0.3) is 0 Å². The maximum Gasteiger partial charge on any atom is 0.218 e. The highest BCUT2D eigenvalue weighted by atomic mass is 32.2. The van der Waals surface area contributed by atoms with Crippen LogP contribution in [0.4, 0.5) is 5.82 Å². The molecule has 0 aliphatic carbocycles. The molecule has 5 nitrogen and oxygen atoms in total. The molecule has 2 aromatic rings. The molecule has 0 saturated carbocycles. The van der Waals surface area contributed by atoms with E-state index in [1.54, 1.807) is 0 Å². The highest BCUT2D eigenvalue weighted by Crippen LogP contribution is 2.29. The molecule has 1 unspecified atom stereocenters. The Morgan fingerprint density at radius 1 is 1.30 bits per heavy atom. The second-order valence-electron chi connectivity index (χ2n) is 5.04. The number of benzene rings is 1. The van der Waals surface area contributed by atoms with E-state index in [1.165, 1.54) is 7.05 Å². The Morgan fingerprint density at radius 3 is 2.55 bits per heavy atom. The van der Waals surface area contributed by atoms with Crippen LogP contribution in [0.2, 0.25) is 0 Å². The van der Waals surface area contributed by atoms with Gasteiger partial charge in [-0.3, -0.25) is 0 Å². The number of sulfonamides is 1. The van der Waals surface area contributed by atoms with Gasteiger partial charge in [-0.2, -0.15) is 0 Å². The van der Waals surface area contributed by atoms with Crippen LogP contribution < -0.4 is 9.62 Å². The number of fused-ring (bicyclic) bond motifs is 1. The lowest BCUT2D eigenvalue weighted by Gasteiger charge is -2.15. The number of rotatable bonds is 5. The van der Waals surface area contributed by atoms with Crippen molar-refractivity contribution in [2.24, 2.45) is 0 Å². The zero-order valence-corrected chi connectivity index (χ0v) is 13.1. The summed E-state index contributed by atoms with van der Waals surface area (Å²) in [7, 11) is 2.07. The average Bonchev–Trinajstić information content (AvgIpc) is 2.82. The van der Waals surface area contributed by atoms with E-state index in [-0.39, 0.29) is 0 Å². The molecular formula is C14H21N3O2S. The molecule has 1 heterocycles. The Labute approximate surface area is 120 Å². The van der Waals surface area contributed by atoms with Crippen molar-refractivity contribution in [3.63, 3.8) is 0 Å². The maximum absolute atomic E-state index is 12.1. The third-order valence-electron chi connectivity index (χ3n) is 3.51. The minimum absolute atomic E-state index is 0.519. The molecule has 1 aromatic carbocycles. The maximum atomic E-state index is 12.1. The van der Waals surface area contributed by atoms with Crippen molar-refractivity contribution in [1.29, 1.82) is 0 Å². The fourth-order valence-electron chi connectivity index (χ4n) is 2.35. The summed E-state index contributed by atoms with van der Waals surface area (Å²) in [6, 6.07) is 7.78. The molecule has 1 atom stereocenters. The van der Waals surface area contributed by atoms with Crippen molar-refractivity contribution in [3.05, 3.63) is 29.8 Å². The molecule has 0 fully saturated rings. The second kappa shape index (κ2) is 5.46. The quantitative estimate of drug-likeness (QED) is 0.889. The van der Waals surface area contributed by atoms with Gasteiger partial charge >= 0.3 is 0 Å². The third kappa shape index (κ3) is 2.66. The highest BCUT2D eigenvalue weighted by molar-refractivity contribution is 7.89. The minimum Gasteiger partial charge on any atom is -0.364 e. The molecule has 6 heteroatoms. The van der Waals surface area contributed by atoms with Crippen LogP contribution in [0, 0.1) is 0 Å². The number of aromatic amines is 1. The van der Waals surface area contributed by atoms with Gasteiger partial charge in [0, 0.05) is 25.0 Å². The first kappa shape index (κ1) is 14.9. The third-order valence-corrected chi connectivity index (χ3v) is 5.44. The molecule has 0 aliphatic heterocycles. The van der Waals surface area contributed by atoms with Gasteiger partial charge in [0.1, 0.15) is 11.1 Å². The number of hydrogen-bond acceptors (Lipinski definition) is 3. The Kier molecular flexibility index (Phi) is 4.06. The van der Waals surface area contributed by atoms with E-state index in [1.807, 2.05) is 50.2 Å². The number of nitrogens with one attached hydrogen (secondary N) is 2. The zero-order valence-electron chi connectivity index (χ0n) is 12.3. The van der Waals surface area contributed by atoms with Crippen LogP contribution in [0.3, 0.4) is 0 Å². The molecule has 0 bridgehead atoms. The Morgan fingerprint density at radius 2 is 2.00 bits per heavy atom. The van der Waals surface area contributed by atoms with Crippen molar-refractivity contribution >= 4 is 26.7 Å². The molecular weight excluding hydrogens is 274 g/mol. The van der Waals surface area contributed by atoms with Crippen molar-refractivity contribution in [1.82, 2.24) is 9.71 Å². The molecule has 0 radical (unpaired) electrons. The first-order chi connectivity index (χ1) is 9.39. The van der Waals surface area contributed by atoms with Gasteiger partial charge in [-0.1, -0.05) is 13.0 Å². The monoisotopic (exact) mass is 295 g/mol. The summed E-state index contributed by atoms with van der Waals surface area (Å²) >= 11 is 0. The van der Waals surface area contributed by atoms with E-state index >= 15 is 0 Å². The Hall–Kier alpha value is -1.53. The van der Waals surface area contributed by atoms with Gasteiger partial charge in [-0.25, -0.2) is 13.1 Å². The van der Waals surface area contributed by atoms with Crippen LogP contribution in [0.15, 0.2) is 24.3 Å². The molecule has 0 aliphatic rings. The smallest absolute Gasteiger partial charge is 0.218 e. The number of nitrogens with zero attached hydrogens (tertiary/aromatic N) is 1. The normalized spacial score (nSPS) is 13.6. The standard InChI is InChI=1S/C14H21N3O2S/c1-5-13(20(18,19)15-2)10-6-7-12-11(8-10)9-14(16-12)17(3)4/h6-9,13,15-16H,5H2,1-4H3. The topological polar surface area (TPSA) is 65.2 Å². The Bertz CT molecular complexity index is 704. The molecule has 2 N–H and O–H groups in total. The Balaban J connectivity index is 2.50. The summed E-state index contributed by atoms with van der Waals surface area (Å²) in [6.45, 7) is 1.88. The first-order valence-corrected chi connectivity index (χ1v) is 8.16. The average molecular weight is 295 g/mol. The summed E-state index contributed by atoms with van der Waals surface area (Å²) < 4.78 is 26.5. The van der Waals surface area contributed by atoms with Gasteiger partial charge in [0.15, 0.2) is 0 Å². The van der Waals surface area contributed by atoms with Gasteiger partial charge in [0.2, 0.25) is 10.0 Å². The molecule has 2 rings (SSSR count). The van der Waals surface area contributed by atoms with Crippen LogP contribution in [-0.4, -0.2) is 34.5 Å². The fraction of sp³-hybridized carbons (Fsp3) is 0.429. The fourth-order valence-corrected chi connectivity index (χ4v) is 3.58.